The lowest BCUT2D eigenvalue weighted by atomic mass is 10.2. The molecule has 1 radical (unpaired) electrons. The number of aliphatic imine (C=N–C) groups is 1. The fraction of sp³-hybridized carbons (Fsp3) is 0. The largest absolute Gasteiger partial charge is 0.335 e. The van der Waals surface area contributed by atoms with E-state index in [9.17, 15) is 0 Å². The quantitative estimate of drug-likeness (QED) is 0.486. The minimum atomic E-state index is 1.12. The van der Waals surface area contributed by atoms with Gasteiger partial charge in [0.25, 0.3) is 0 Å². The summed E-state index contributed by atoms with van der Waals surface area (Å²) in [5.41, 5.74) is 0. The molecule has 49 valence electrons. The Balaban J connectivity index is 2.28. The van der Waals surface area contributed by atoms with Crippen LogP contribution in [-0.4, -0.2) is 11.1 Å². The molecule has 0 aromatic heterocycles. The van der Waals surface area contributed by atoms with Crippen LogP contribution in [0.1, 0.15) is 0 Å². The molecule has 0 saturated heterocycles. The molecule has 2 heteroatoms. The summed E-state index contributed by atoms with van der Waals surface area (Å²) in [5.74, 6) is 0. The van der Waals surface area contributed by atoms with E-state index in [1.165, 1.54) is 0 Å². The van der Waals surface area contributed by atoms with Crippen molar-refractivity contribution in [2.45, 2.75) is 0 Å². The van der Waals surface area contributed by atoms with Gasteiger partial charge >= 0.3 is 0 Å². The predicted octanol–water partition coefficient (Wildman–Crippen LogP) is 1.46. The van der Waals surface area contributed by atoms with E-state index in [2.05, 4.69) is 4.99 Å². The van der Waals surface area contributed by atoms with Crippen molar-refractivity contribution in [2.24, 2.45) is 4.99 Å². The third kappa shape index (κ3) is 0.778. The highest BCUT2D eigenvalue weighted by Crippen LogP contribution is 2.16. The first-order chi connectivity index (χ1) is 4.97. The van der Waals surface area contributed by atoms with Crippen molar-refractivity contribution in [3.63, 3.8) is 0 Å². The highest BCUT2D eigenvalue weighted by atomic mass is 15.1. The summed E-state index contributed by atoms with van der Waals surface area (Å²) >= 11 is 0. The van der Waals surface area contributed by atoms with Gasteiger partial charge in [0.2, 0.25) is 0 Å². The van der Waals surface area contributed by atoms with Gasteiger partial charge in [-0.3, -0.25) is 4.99 Å². The average molecular weight is 131 g/mol. The molecule has 0 aromatic carbocycles. The zero-order chi connectivity index (χ0) is 6.81. The van der Waals surface area contributed by atoms with Crippen molar-refractivity contribution >= 4 is 6.21 Å². The van der Waals surface area contributed by atoms with E-state index in [1.54, 1.807) is 6.20 Å². The SMILES string of the molecule is C1=C[C]2C=NC=CN2C=C1. The monoisotopic (exact) mass is 131 g/mol. The summed E-state index contributed by atoms with van der Waals surface area (Å²) in [4.78, 5) is 6.01. The van der Waals surface area contributed by atoms with E-state index in [4.69, 9.17) is 0 Å². The standard InChI is InChI=1S/C8H7N2/c1-2-5-10-6-4-9-7-8(10)3-1/h1-7H. The highest BCUT2D eigenvalue weighted by molar-refractivity contribution is 5.79. The molecule has 2 nitrogen and oxygen atoms in total. The average Bonchev–Trinajstić information content (AvgIpc) is 2.05. The summed E-state index contributed by atoms with van der Waals surface area (Å²) < 4.78 is 0. The molecule has 0 N–H and O–H groups in total. The van der Waals surface area contributed by atoms with Gasteiger partial charge in [0.05, 0.1) is 0 Å². The van der Waals surface area contributed by atoms with Gasteiger partial charge in [-0.15, -0.1) is 0 Å². The third-order valence-electron chi connectivity index (χ3n) is 1.44. The number of hydrogen-bond donors (Lipinski definition) is 0. The number of hydrogen-bond acceptors (Lipinski definition) is 2. The Bertz CT molecular complexity index is 186. The lowest BCUT2D eigenvalue weighted by molar-refractivity contribution is 0.594. The molecule has 2 aliphatic rings. The summed E-state index contributed by atoms with van der Waals surface area (Å²) in [6.45, 7) is 0. The lowest BCUT2D eigenvalue weighted by Gasteiger charge is -2.23. The third-order valence-corrected chi connectivity index (χ3v) is 1.44. The van der Waals surface area contributed by atoms with Crippen molar-refractivity contribution in [3.8, 4) is 0 Å². The Morgan fingerprint density at radius 2 is 2.20 bits per heavy atom. The van der Waals surface area contributed by atoms with Crippen LogP contribution in [0.2, 0.25) is 0 Å². The van der Waals surface area contributed by atoms with Crippen LogP contribution in [0.15, 0.2) is 41.8 Å². The zero-order valence-corrected chi connectivity index (χ0v) is 5.44. The van der Waals surface area contributed by atoms with Gasteiger partial charge in [0.15, 0.2) is 0 Å². The molecule has 2 rings (SSSR count). The first-order valence-electron chi connectivity index (χ1n) is 3.17. The Morgan fingerprint density at radius 3 is 3.10 bits per heavy atom. The highest BCUT2D eigenvalue weighted by Gasteiger charge is 2.11. The molecule has 0 bridgehead atoms. The molecule has 0 saturated carbocycles. The van der Waals surface area contributed by atoms with Crippen LogP contribution in [0.25, 0.3) is 0 Å². The summed E-state index contributed by atoms with van der Waals surface area (Å²) in [6, 6.07) is 1.12. The maximum atomic E-state index is 3.99. The van der Waals surface area contributed by atoms with Crippen LogP contribution in [0.3, 0.4) is 0 Å². The van der Waals surface area contributed by atoms with Crippen molar-refractivity contribution in [1.29, 1.82) is 0 Å². The molecule has 2 heterocycles. The van der Waals surface area contributed by atoms with Crippen molar-refractivity contribution < 1.29 is 0 Å². The molecule has 0 amide bonds. The van der Waals surface area contributed by atoms with Gasteiger partial charge < -0.3 is 4.90 Å². The maximum absolute atomic E-state index is 3.99. The Labute approximate surface area is 59.9 Å². The lowest BCUT2D eigenvalue weighted by Crippen LogP contribution is -2.20. The summed E-state index contributed by atoms with van der Waals surface area (Å²) in [6.07, 6.45) is 13.5. The number of nitrogens with zero attached hydrogens (tertiary/aromatic N) is 2. The number of rotatable bonds is 0. The minimum absolute atomic E-state index is 1.12. The van der Waals surface area contributed by atoms with E-state index in [-0.39, 0.29) is 0 Å². The van der Waals surface area contributed by atoms with E-state index in [1.807, 2.05) is 41.7 Å². The van der Waals surface area contributed by atoms with Gasteiger partial charge in [-0.25, -0.2) is 0 Å². The van der Waals surface area contributed by atoms with Crippen LogP contribution >= 0.6 is 0 Å². The van der Waals surface area contributed by atoms with Crippen LogP contribution in [0.4, 0.5) is 0 Å². The Hall–Kier alpha value is -1.31. The van der Waals surface area contributed by atoms with Gasteiger partial charge in [-0.05, 0) is 6.08 Å². The van der Waals surface area contributed by atoms with Gasteiger partial charge in [0.1, 0.15) is 6.04 Å². The van der Waals surface area contributed by atoms with Crippen LogP contribution in [0.5, 0.6) is 0 Å². The van der Waals surface area contributed by atoms with Crippen LogP contribution < -0.4 is 0 Å². The van der Waals surface area contributed by atoms with Crippen LogP contribution in [-0.2, 0) is 0 Å². The molecule has 0 aromatic rings. The van der Waals surface area contributed by atoms with Gasteiger partial charge in [-0.2, -0.15) is 0 Å². The van der Waals surface area contributed by atoms with Crippen molar-refractivity contribution in [1.82, 2.24) is 4.90 Å². The summed E-state index contributed by atoms with van der Waals surface area (Å²) in [7, 11) is 0. The fourth-order valence-corrected chi connectivity index (χ4v) is 0.944. The zero-order valence-electron chi connectivity index (χ0n) is 5.44. The first kappa shape index (κ1) is 5.47. The number of allylic oxidation sites excluding steroid dienone is 2. The second kappa shape index (κ2) is 2.14. The van der Waals surface area contributed by atoms with Gasteiger partial charge in [-0.1, -0.05) is 12.2 Å². The van der Waals surface area contributed by atoms with E-state index in [0.717, 1.165) is 6.04 Å². The molecule has 2 aliphatic heterocycles. The smallest absolute Gasteiger partial charge is 0.130 e. The predicted molar refractivity (Wildman–Crippen MR) is 41.0 cm³/mol. The van der Waals surface area contributed by atoms with Gasteiger partial charge in [0, 0.05) is 24.8 Å². The first-order valence-corrected chi connectivity index (χ1v) is 3.17. The van der Waals surface area contributed by atoms with E-state index >= 15 is 0 Å². The molecule has 0 fully saturated rings. The Morgan fingerprint density at radius 1 is 1.20 bits per heavy atom. The van der Waals surface area contributed by atoms with Crippen molar-refractivity contribution in [3.05, 3.63) is 42.9 Å². The maximum Gasteiger partial charge on any atom is 0.130 e. The fourth-order valence-electron chi connectivity index (χ4n) is 0.944. The molecule has 0 atom stereocenters. The molecular weight excluding hydrogens is 124 g/mol. The molecule has 10 heavy (non-hydrogen) atoms. The molecule has 0 aliphatic carbocycles. The molecule has 0 unspecified atom stereocenters. The second-order valence-corrected chi connectivity index (χ2v) is 2.11. The minimum Gasteiger partial charge on any atom is -0.335 e. The molecular formula is C8H7N2. The van der Waals surface area contributed by atoms with Crippen molar-refractivity contribution in [2.75, 3.05) is 0 Å². The van der Waals surface area contributed by atoms with E-state index < -0.39 is 0 Å². The Kier molecular flexibility index (Phi) is 1.17. The summed E-state index contributed by atoms with van der Waals surface area (Å²) in [5, 5.41) is 0. The van der Waals surface area contributed by atoms with E-state index in [0.29, 0.717) is 0 Å². The normalized spacial score (nSPS) is 21.8. The number of fused-ring (bicyclic) bond motifs is 1. The molecule has 0 spiro atoms. The topological polar surface area (TPSA) is 15.6 Å². The second-order valence-electron chi connectivity index (χ2n) is 2.11. The van der Waals surface area contributed by atoms with Crippen LogP contribution in [0, 0.1) is 6.04 Å².